The molecule has 2 aromatic rings. The molecule has 0 radical (unpaired) electrons. The summed E-state index contributed by atoms with van der Waals surface area (Å²) >= 11 is 0. The number of carbonyl (C=O) groups excluding carboxylic acids is 2. The van der Waals surface area contributed by atoms with Crippen LogP contribution in [0.25, 0.3) is 0 Å². The van der Waals surface area contributed by atoms with Gasteiger partial charge in [0.05, 0.1) is 38.7 Å². The van der Waals surface area contributed by atoms with Gasteiger partial charge in [0.1, 0.15) is 12.2 Å². The van der Waals surface area contributed by atoms with Crippen molar-refractivity contribution in [2.24, 2.45) is 23.2 Å². The van der Waals surface area contributed by atoms with Crippen molar-refractivity contribution in [3.8, 4) is 11.5 Å². The van der Waals surface area contributed by atoms with E-state index >= 15 is 0 Å². The van der Waals surface area contributed by atoms with Crippen molar-refractivity contribution in [1.82, 2.24) is 10.2 Å². The number of nitrogens with zero attached hydrogens (tertiary/aromatic N) is 1. The summed E-state index contributed by atoms with van der Waals surface area (Å²) in [6.07, 6.45) is 7.13. The predicted octanol–water partition coefficient (Wildman–Crippen LogP) is 3.10. The highest BCUT2D eigenvalue weighted by molar-refractivity contribution is 5.96. The van der Waals surface area contributed by atoms with Gasteiger partial charge >= 0.3 is 0 Å². The van der Waals surface area contributed by atoms with E-state index in [9.17, 15) is 24.9 Å². The molecular weight excluding hydrogens is 572 g/mol. The Bertz CT molecular complexity index is 1440. The van der Waals surface area contributed by atoms with Gasteiger partial charge in [-0.15, -0.1) is 0 Å². The van der Waals surface area contributed by atoms with Crippen LogP contribution in [-0.4, -0.2) is 77.1 Å². The first-order chi connectivity index (χ1) is 21.8. The molecule has 1 heterocycles. The van der Waals surface area contributed by atoms with Crippen LogP contribution in [0.5, 0.6) is 11.5 Å². The molecule has 4 saturated carbocycles. The molecule has 2 amide bonds. The van der Waals surface area contributed by atoms with Gasteiger partial charge in [-0.05, 0) is 91.0 Å². The van der Waals surface area contributed by atoms with E-state index in [0.717, 1.165) is 24.8 Å². The molecule has 4 unspecified atom stereocenters. The Morgan fingerprint density at radius 2 is 1.71 bits per heavy atom. The fourth-order valence-electron chi connectivity index (χ4n) is 9.70. The van der Waals surface area contributed by atoms with Crippen molar-refractivity contribution in [3.63, 3.8) is 0 Å². The van der Waals surface area contributed by atoms with Gasteiger partial charge in [0, 0.05) is 24.2 Å². The van der Waals surface area contributed by atoms with Gasteiger partial charge in [0.25, 0.3) is 0 Å². The Morgan fingerprint density at radius 3 is 2.33 bits per heavy atom. The van der Waals surface area contributed by atoms with Gasteiger partial charge in [-0.1, -0.05) is 30.3 Å². The van der Waals surface area contributed by atoms with E-state index in [1.54, 1.807) is 18.2 Å². The third-order valence-corrected chi connectivity index (χ3v) is 11.0. The molecule has 2 aromatic carbocycles. The van der Waals surface area contributed by atoms with Crippen molar-refractivity contribution < 1.29 is 34.4 Å². The van der Waals surface area contributed by atoms with Crippen LogP contribution >= 0.6 is 0 Å². The molecule has 0 saturated heterocycles. The Morgan fingerprint density at radius 1 is 1.02 bits per heavy atom. The summed E-state index contributed by atoms with van der Waals surface area (Å²) < 4.78 is 12.0. The van der Waals surface area contributed by atoms with Gasteiger partial charge < -0.3 is 35.0 Å². The molecule has 0 spiro atoms. The van der Waals surface area contributed by atoms with E-state index in [2.05, 4.69) is 5.32 Å². The lowest BCUT2D eigenvalue weighted by Crippen LogP contribution is -2.60. The zero-order valence-electron chi connectivity index (χ0n) is 25.9. The molecular formula is C36H44N2O7. The first kappa shape index (κ1) is 30.3. The van der Waals surface area contributed by atoms with Crippen molar-refractivity contribution in [2.45, 2.75) is 75.7 Å². The van der Waals surface area contributed by atoms with Crippen LogP contribution in [0.3, 0.4) is 0 Å². The number of benzene rings is 2. The fraction of sp³-hybridized carbons (Fsp3) is 0.556. The van der Waals surface area contributed by atoms with Crippen LogP contribution in [-0.2, 0) is 22.6 Å². The summed E-state index contributed by atoms with van der Waals surface area (Å²) in [6.45, 7) is 0.157. The number of methoxy groups -OCH3 is 1. The predicted molar refractivity (Wildman–Crippen MR) is 167 cm³/mol. The monoisotopic (exact) mass is 616 g/mol. The molecule has 4 N–H and O–H groups in total. The molecule has 45 heavy (non-hydrogen) atoms. The summed E-state index contributed by atoms with van der Waals surface area (Å²) in [5.41, 5.74) is 2.53. The minimum Gasteiger partial charge on any atom is -0.493 e. The van der Waals surface area contributed by atoms with Crippen LogP contribution in [0.15, 0.2) is 54.1 Å². The molecule has 4 bridgehead atoms. The molecule has 4 atom stereocenters. The number of ether oxygens (including phenoxy) is 2. The van der Waals surface area contributed by atoms with E-state index in [4.69, 9.17) is 9.47 Å². The fourth-order valence-corrected chi connectivity index (χ4v) is 9.70. The number of aliphatic hydroxyl groups excluding tert-OH is 3. The van der Waals surface area contributed by atoms with Crippen LogP contribution < -0.4 is 14.8 Å². The van der Waals surface area contributed by atoms with E-state index < -0.39 is 24.2 Å². The number of hydrogen-bond donors (Lipinski definition) is 4. The molecule has 240 valence electrons. The maximum absolute atomic E-state index is 14.4. The number of rotatable bonds is 10. The second kappa shape index (κ2) is 12.1. The molecule has 8 rings (SSSR count). The first-order valence-corrected chi connectivity index (χ1v) is 16.4. The van der Waals surface area contributed by atoms with E-state index in [1.165, 1.54) is 26.4 Å². The number of nitrogens with one attached hydrogen (secondary N) is 1. The maximum Gasteiger partial charge on any atom is 0.247 e. The average Bonchev–Trinajstić information content (AvgIpc) is 3.42. The number of amides is 2. The minimum absolute atomic E-state index is 0.00353. The van der Waals surface area contributed by atoms with Crippen molar-refractivity contribution in [2.75, 3.05) is 26.8 Å². The van der Waals surface area contributed by atoms with Crippen LogP contribution in [0.1, 0.15) is 61.1 Å². The molecule has 9 heteroatoms. The molecule has 6 aliphatic rings. The lowest BCUT2D eigenvalue weighted by atomic mass is 9.49. The normalized spacial score (nSPS) is 32.3. The number of hydrogen-bond acceptors (Lipinski definition) is 7. The Hall–Kier alpha value is -3.40. The van der Waals surface area contributed by atoms with Crippen LogP contribution in [0, 0.1) is 23.2 Å². The van der Waals surface area contributed by atoms with E-state index in [0.29, 0.717) is 52.5 Å². The second-order valence-corrected chi connectivity index (χ2v) is 14.1. The highest BCUT2D eigenvalue weighted by Gasteiger charge is 2.55. The third kappa shape index (κ3) is 5.53. The lowest BCUT2D eigenvalue weighted by Gasteiger charge is -2.58. The minimum atomic E-state index is -1.12. The average molecular weight is 617 g/mol. The quantitative estimate of drug-likeness (QED) is 0.323. The van der Waals surface area contributed by atoms with Gasteiger partial charge in [0.15, 0.2) is 11.5 Å². The Kier molecular flexibility index (Phi) is 8.12. The van der Waals surface area contributed by atoms with Crippen LogP contribution in [0.2, 0.25) is 0 Å². The molecule has 9 nitrogen and oxygen atoms in total. The molecule has 4 fully saturated rings. The molecule has 0 aromatic heterocycles. The van der Waals surface area contributed by atoms with Crippen molar-refractivity contribution in [1.29, 1.82) is 0 Å². The summed E-state index contributed by atoms with van der Waals surface area (Å²) in [5, 5.41) is 34.4. The summed E-state index contributed by atoms with van der Waals surface area (Å²) in [7, 11) is 1.52. The first-order valence-electron chi connectivity index (χ1n) is 16.4. The van der Waals surface area contributed by atoms with Crippen LogP contribution in [0.4, 0.5) is 0 Å². The third-order valence-electron chi connectivity index (χ3n) is 11.0. The standard InChI is InChI=1S/C36H44N2O7/c1-44-29-13-25(19-40)12-26-31-27(35(43)37-7-8-39)15-28(32(42)34(31)45-33(26)29)38(30(41)14-21-5-3-2-4-6-21)20-36-16-22-9-23(17-36)11-24(10-22)18-36/h2-6,12-13,15,22-24,28,31-32,34,39-40,42H,7-11,14,16-20H2,1H3,(H,37,43). The van der Waals surface area contributed by atoms with E-state index in [1.807, 2.05) is 35.2 Å². The lowest BCUT2D eigenvalue weighted by molar-refractivity contribution is -0.144. The maximum atomic E-state index is 14.4. The zero-order valence-corrected chi connectivity index (χ0v) is 25.9. The topological polar surface area (TPSA) is 129 Å². The largest absolute Gasteiger partial charge is 0.493 e. The van der Waals surface area contributed by atoms with Gasteiger partial charge in [-0.2, -0.15) is 0 Å². The molecule has 1 aliphatic heterocycles. The second-order valence-electron chi connectivity index (χ2n) is 14.1. The molecule has 5 aliphatic carbocycles. The highest BCUT2D eigenvalue weighted by Crippen LogP contribution is 2.60. The van der Waals surface area contributed by atoms with E-state index in [-0.39, 0.29) is 43.4 Å². The smallest absolute Gasteiger partial charge is 0.247 e. The van der Waals surface area contributed by atoms with Gasteiger partial charge in [-0.25, -0.2) is 0 Å². The Balaban J connectivity index is 1.30. The zero-order chi connectivity index (χ0) is 31.3. The van der Waals surface area contributed by atoms with Crippen molar-refractivity contribution in [3.05, 3.63) is 70.8 Å². The SMILES string of the molecule is COc1cc(CO)cc2c1OC1C2C(C(=O)NCCO)=CC(N(CC23CC4CC(CC(C4)C2)C3)C(=O)Cc2ccccc2)C1O. The highest BCUT2D eigenvalue weighted by atomic mass is 16.5. The summed E-state index contributed by atoms with van der Waals surface area (Å²) in [6, 6.07) is 12.4. The Labute approximate surface area is 264 Å². The summed E-state index contributed by atoms with van der Waals surface area (Å²) in [4.78, 5) is 30.0. The summed E-state index contributed by atoms with van der Waals surface area (Å²) in [5.74, 6) is 1.81. The number of fused-ring (bicyclic) bond motifs is 3. The number of carbonyl (C=O) groups is 2. The van der Waals surface area contributed by atoms with Crippen molar-refractivity contribution >= 4 is 11.8 Å². The number of aliphatic hydroxyl groups is 3. The van der Waals surface area contributed by atoms with Gasteiger partial charge in [0.2, 0.25) is 11.8 Å². The van der Waals surface area contributed by atoms with Gasteiger partial charge in [-0.3, -0.25) is 9.59 Å².